The molecule has 1 unspecified atom stereocenters. The number of amides is 1. The second-order valence-corrected chi connectivity index (χ2v) is 6.28. The van der Waals surface area contributed by atoms with Crippen LogP contribution in [0.15, 0.2) is 0 Å². The van der Waals surface area contributed by atoms with E-state index in [1.165, 1.54) is 12.8 Å². The van der Waals surface area contributed by atoms with Gasteiger partial charge in [-0.1, -0.05) is 6.92 Å². The molecular formula is C14H23N3OS. The first kappa shape index (κ1) is 14.5. The van der Waals surface area contributed by atoms with E-state index in [1.54, 1.807) is 11.3 Å². The van der Waals surface area contributed by atoms with E-state index in [2.05, 4.69) is 22.5 Å². The maximum Gasteiger partial charge on any atom is 0.263 e. The molecule has 0 aliphatic carbocycles. The molecule has 1 atom stereocenters. The van der Waals surface area contributed by atoms with Gasteiger partial charge in [0.15, 0.2) is 0 Å². The summed E-state index contributed by atoms with van der Waals surface area (Å²) in [7, 11) is 0. The fraction of sp³-hybridized carbons (Fsp3) is 0.714. The summed E-state index contributed by atoms with van der Waals surface area (Å²) in [4.78, 5) is 17.4. The van der Waals surface area contributed by atoms with Gasteiger partial charge in [0.2, 0.25) is 0 Å². The minimum atomic E-state index is 0.0444. The van der Waals surface area contributed by atoms with Gasteiger partial charge in [-0.05, 0) is 51.6 Å². The van der Waals surface area contributed by atoms with Gasteiger partial charge in [-0.25, -0.2) is 4.98 Å². The van der Waals surface area contributed by atoms with Crippen molar-refractivity contribution in [1.82, 2.24) is 15.6 Å². The average Bonchev–Trinajstić information content (AvgIpc) is 2.79. The first-order valence-electron chi connectivity index (χ1n) is 7.16. The standard InChI is InChI=1S/C14H23N3OS/c1-3-5-12-17-10(2)13(19-12)14(18)16-9-11-6-4-7-15-8-11/h11,15H,3-9H2,1-2H3,(H,16,18). The van der Waals surface area contributed by atoms with Crippen LogP contribution >= 0.6 is 11.3 Å². The van der Waals surface area contributed by atoms with Crippen LogP contribution in [-0.2, 0) is 6.42 Å². The summed E-state index contributed by atoms with van der Waals surface area (Å²) < 4.78 is 0. The Morgan fingerprint density at radius 1 is 1.58 bits per heavy atom. The van der Waals surface area contributed by atoms with Crippen molar-refractivity contribution in [3.8, 4) is 0 Å². The normalized spacial score (nSPS) is 19.4. The van der Waals surface area contributed by atoms with E-state index in [9.17, 15) is 4.79 Å². The number of carbonyl (C=O) groups excluding carboxylic acids is 1. The smallest absolute Gasteiger partial charge is 0.263 e. The average molecular weight is 281 g/mol. The molecule has 1 aliphatic heterocycles. The lowest BCUT2D eigenvalue weighted by Gasteiger charge is -2.22. The Bertz CT molecular complexity index is 424. The van der Waals surface area contributed by atoms with Gasteiger partial charge in [-0.15, -0.1) is 11.3 Å². The number of aryl methyl sites for hydroxylation is 2. The molecule has 1 amide bonds. The topological polar surface area (TPSA) is 54.0 Å². The second-order valence-electron chi connectivity index (χ2n) is 5.19. The third kappa shape index (κ3) is 4.01. The summed E-state index contributed by atoms with van der Waals surface area (Å²) >= 11 is 1.54. The lowest BCUT2D eigenvalue weighted by Crippen LogP contribution is -2.38. The van der Waals surface area contributed by atoms with Gasteiger partial charge >= 0.3 is 0 Å². The third-order valence-electron chi connectivity index (χ3n) is 3.46. The van der Waals surface area contributed by atoms with Gasteiger partial charge in [0.1, 0.15) is 4.88 Å². The first-order valence-corrected chi connectivity index (χ1v) is 7.97. The van der Waals surface area contributed by atoms with Crippen LogP contribution in [0.1, 0.15) is 46.6 Å². The van der Waals surface area contributed by atoms with Crippen molar-refractivity contribution in [2.45, 2.75) is 39.5 Å². The van der Waals surface area contributed by atoms with E-state index >= 15 is 0 Å². The van der Waals surface area contributed by atoms with Crippen LogP contribution in [0.5, 0.6) is 0 Å². The molecule has 1 aliphatic rings. The molecule has 0 spiro atoms. The molecule has 1 saturated heterocycles. The molecule has 4 nitrogen and oxygen atoms in total. The van der Waals surface area contributed by atoms with Crippen LogP contribution in [0.2, 0.25) is 0 Å². The van der Waals surface area contributed by atoms with Gasteiger partial charge < -0.3 is 10.6 Å². The molecule has 1 aromatic heterocycles. The van der Waals surface area contributed by atoms with Gasteiger partial charge in [-0.3, -0.25) is 4.79 Å². The summed E-state index contributed by atoms with van der Waals surface area (Å²) in [6.07, 6.45) is 4.45. The second kappa shape index (κ2) is 7.01. The fourth-order valence-electron chi connectivity index (χ4n) is 2.40. The largest absolute Gasteiger partial charge is 0.351 e. The summed E-state index contributed by atoms with van der Waals surface area (Å²) in [6.45, 7) is 6.95. The molecule has 0 aromatic carbocycles. The highest BCUT2D eigenvalue weighted by Crippen LogP contribution is 2.19. The van der Waals surface area contributed by atoms with Crippen LogP contribution < -0.4 is 10.6 Å². The fourth-order valence-corrected chi connectivity index (χ4v) is 3.48. The molecule has 0 bridgehead atoms. The van der Waals surface area contributed by atoms with Gasteiger partial charge in [-0.2, -0.15) is 0 Å². The predicted octanol–water partition coefficient (Wildman–Crippen LogP) is 2.13. The number of nitrogens with zero attached hydrogens (tertiary/aromatic N) is 1. The monoisotopic (exact) mass is 281 g/mol. The number of piperidine rings is 1. The summed E-state index contributed by atoms with van der Waals surface area (Å²) in [6, 6.07) is 0. The maximum absolute atomic E-state index is 12.2. The van der Waals surface area contributed by atoms with Crippen LogP contribution in [0.25, 0.3) is 0 Å². The molecule has 0 radical (unpaired) electrons. The number of rotatable bonds is 5. The third-order valence-corrected chi connectivity index (χ3v) is 4.68. The number of carbonyl (C=O) groups is 1. The molecule has 5 heteroatoms. The summed E-state index contributed by atoms with van der Waals surface area (Å²) in [5.74, 6) is 0.615. The van der Waals surface area contributed by atoms with Crippen molar-refractivity contribution in [2.24, 2.45) is 5.92 Å². The predicted molar refractivity (Wildman–Crippen MR) is 78.8 cm³/mol. The Kier molecular flexibility index (Phi) is 5.34. The van der Waals surface area contributed by atoms with E-state index in [-0.39, 0.29) is 5.91 Å². The minimum Gasteiger partial charge on any atom is -0.351 e. The summed E-state index contributed by atoms with van der Waals surface area (Å²) in [5.41, 5.74) is 0.868. The lowest BCUT2D eigenvalue weighted by atomic mass is 10.00. The number of thiazole rings is 1. The van der Waals surface area contributed by atoms with Crippen LogP contribution in [0.4, 0.5) is 0 Å². The molecule has 1 fully saturated rings. The number of hydrogen-bond donors (Lipinski definition) is 2. The Balaban J connectivity index is 1.88. The van der Waals surface area contributed by atoms with Crippen molar-refractivity contribution in [3.63, 3.8) is 0 Å². The number of aromatic nitrogens is 1. The molecule has 106 valence electrons. The Morgan fingerprint density at radius 3 is 3.11 bits per heavy atom. The van der Waals surface area contributed by atoms with Crippen molar-refractivity contribution in [2.75, 3.05) is 19.6 Å². The minimum absolute atomic E-state index is 0.0444. The molecule has 2 heterocycles. The van der Waals surface area contributed by atoms with Gasteiger partial charge in [0.05, 0.1) is 10.7 Å². The quantitative estimate of drug-likeness (QED) is 0.869. The molecular weight excluding hydrogens is 258 g/mol. The lowest BCUT2D eigenvalue weighted by molar-refractivity contribution is 0.0948. The number of hydrogen-bond acceptors (Lipinski definition) is 4. The Labute approximate surface area is 119 Å². The van der Waals surface area contributed by atoms with E-state index in [0.717, 1.165) is 48.1 Å². The van der Waals surface area contributed by atoms with E-state index in [0.29, 0.717) is 5.92 Å². The Morgan fingerprint density at radius 2 is 2.42 bits per heavy atom. The van der Waals surface area contributed by atoms with Crippen molar-refractivity contribution >= 4 is 17.2 Å². The highest BCUT2D eigenvalue weighted by Gasteiger charge is 2.17. The molecule has 1 aromatic rings. The highest BCUT2D eigenvalue weighted by molar-refractivity contribution is 7.13. The van der Waals surface area contributed by atoms with E-state index in [1.807, 2.05) is 6.92 Å². The SMILES string of the molecule is CCCc1nc(C)c(C(=O)NCC2CCCNC2)s1. The molecule has 2 rings (SSSR count). The van der Waals surface area contributed by atoms with E-state index in [4.69, 9.17) is 0 Å². The van der Waals surface area contributed by atoms with Gasteiger partial charge in [0.25, 0.3) is 5.91 Å². The number of nitrogens with one attached hydrogen (secondary N) is 2. The zero-order valence-electron chi connectivity index (χ0n) is 11.8. The highest BCUT2D eigenvalue weighted by atomic mass is 32.1. The van der Waals surface area contributed by atoms with Crippen LogP contribution in [0, 0.1) is 12.8 Å². The summed E-state index contributed by atoms with van der Waals surface area (Å²) in [5, 5.41) is 7.50. The van der Waals surface area contributed by atoms with Gasteiger partial charge in [0, 0.05) is 6.54 Å². The zero-order valence-corrected chi connectivity index (χ0v) is 12.6. The van der Waals surface area contributed by atoms with E-state index < -0.39 is 0 Å². The van der Waals surface area contributed by atoms with Crippen molar-refractivity contribution < 1.29 is 4.79 Å². The Hall–Kier alpha value is -0.940. The molecule has 0 saturated carbocycles. The molecule has 19 heavy (non-hydrogen) atoms. The first-order chi connectivity index (χ1) is 9.20. The zero-order chi connectivity index (χ0) is 13.7. The van der Waals surface area contributed by atoms with Crippen molar-refractivity contribution in [3.05, 3.63) is 15.6 Å². The molecule has 2 N–H and O–H groups in total. The van der Waals surface area contributed by atoms with Crippen LogP contribution in [0.3, 0.4) is 0 Å². The maximum atomic E-state index is 12.2. The van der Waals surface area contributed by atoms with Crippen LogP contribution in [-0.4, -0.2) is 30.5 Å². The van der Waals surface area contributed by atoms with Crippen molar-refractivity contribution in [1.29, 1.82) is 0 Å².